The molecule has 3 nitrogen and oxygen atoms in total. The van der Waals surface area contributed by atoms with Crippen LogP contribution in [0.1, 0.15) is 11.3 Å². The van der Waals surface area contributed by atoms with Gasteiger partial charge in [-0.05, 0) is 43.5 Å². The highest BCUT2D eigenvalue weighted by Crippen LogP contribution is 2.34. The molecule has 0 atom stereocenters. The number of methoxy groups -OCH3 is 2. The Balaban J connectivity index is 2.23. The molecule has 1 heterocycles. The second-order valence-electron chi connectivity index (χ2n) is 5.39. The van der Waals surface area contributed by atoms with Crippen molar-refractivity contribution < 1.29 is 9.47 Å². The van der Waals surface area contributed by atoms with Crippen LogP contribution in [0, 0.1) is 13.8 Å². The van der Waals surface area contributed by atoms with Gasteiger partial charge in [-0.25, -0.2) is 0 Å². The first-order chi connectivity index (χ1) is 10.6. The van der Waals surface area contributed by atoms with Gasteiger partial charge in [0.2, 0.25) is 0 Å². The molecule has 3 rings (SSSR count). The minimum atomic E-state index is 0.725. The maximum Gasteiger partial charge on any atom is 0.161 e. The number of aryl methyl sites for hydroxylation is 2. The number of hydrogen-bond acceptors (Lipinski definition) is 3. The van der Waals surface area contributed by atoms with Crippen molar-refractivity contribution in [2.45, 2.75) is 13.8 Å². The molecule has 22 heavy (non-hydrogen) atoms. The number of aromatic nitrogens is 1. The monoisotopic (exact) mass is 293 g/mol. The van der Waals surface area contributed by atoms with Crippen molar-refractivity contribution >= 4 is 10.8 Å². The lowest BCUT2D eigenvalue weighted by Gasteiger charge is -2.12. The fraction of sp³-hybridized carbons (Fsp3) is 0.211. The fourth-order valence-electron chi connectivity index (χ4n) is 2.70. The minimum Gasteiger partial charge on any atom is -0.493 e. The first-order valence-corrected chi connectivity index (χ1v) is 7.23. The van der Waals surface area contributed by atoms with Crippen molar-refractivity contribution in [3.63, 3.8) is 0 Å². The quantitative estimate of drug-likeness (QED) is 0.710. The van der Waals surface area contributed by atoms with E-state index in [0.29, 0.717) is 0 Å². The summed E-state index contributed by atoms with van der Waals surface area (Å²) in [7, 11) is 3.30. The van der Waals surface area contributed by atoms with Gasteiger partial charge in [-0.2, -0.15) is 0 Å². The van der Waals surface area contributed by atoms with E-state index in [0.717, 1.165) is 39.2 Å². The fourth-order valence-corrected chi connectivity index (χ4v) is 2.70. The Morgan fingerprint density at radius 3 is 2.27 bits per heavy atom. The molecule has 0 unspecified atom stereocenters. The summed E-state index contributed by atoms with van der Waals surface area (Å²) in [4.78, 5) is 4.75. The smallest absolute Gasteiger partial charge is 0.161 e. The molecule has 0 amide bonds. The van der Waals surface area contributed by atoms with Crippen molar-refractivity contribution in [1.29, 1.82) is 0 Å². The summed E-state index contributed by atoms with van der Waals surface area (Å²) in [6.45, 7) is 4.11. The van der Waals surface area contributed by atoms with Gasteiger partial charge in [0.15, 0.2) is 11.5 Å². The molecule has 0 aliphatic rings. The number of rotatable bonds is 3. The third-order valence-electron chi connectivity index (χ3n) is 3.84. The molecule has 0 spiro atoms. The molecule has 0 N–H and O–H groups in total. The van der Waals surface area contributed by atoms with Gasteiger partial charge in [0.25, 0.3) is 0 Å². The van der Waals surface area contributed by atoms with Crippen LogP contribution >= 0.6 is 0 Å². The number of benzene rings is 2. The summed E-state index contributed by atoms with van der Waals surface area (Å²) in [6.07, 6.45) is 0. The van der Waals surface area contributed by atoms with Crippen molar-refractivity contribution in [2.75, 3.05) is 14.2 Å². The highest BCUT2D eigenvalue weighted by atomic mass is 16.5. The molecule has 3 heteroatoms. The Morgan fingerprint density at radius 1 is 0.864 bits per heavy atom. The predicted molar refractivity (Wildman–Crippen MR) is 89.8 cm³/mol. The summed E-state index contributed by atoms with van der Waals surface area (Å²) in [5, 5.41) is 2.18. The molecular weight excluding hydrogens is 274 g/mol. The van der Waals surface area contributed by atoms with Crippen LogP contribution in [0.15, 0.2) is 42.5 Å². The van der Waals surface area contributed by atoms with Gasteiger partial charge >= 0.3 is 0 Å². The topological polar surface area (TPSA) is 31.4 Å². The Hall–Kier alpha value is -2.55. The summed E-state index contributed by atoms with van der Waals surface area (Å²) < 4.78 is 10.8. The van der Waals surface area contributed by atoms with Crippen LogP contribution in [0.3, 0.4) is 0 Å². The Labute approximate surface area is 130 Å². The third-order valence-corrected chi connectivity index (χ3v) is 3.84. The summed E-state index contributed by atoms with van der Waals surface area (Å²) in [6, 6.07) is 14.5. The van der Waals surface area contributed by atoms with Crippen LogP contribution in [0.5, 0.6) is 11.5 Å². The van der Waals surface area contributed by atoms with Gasteiger partial charge in [0, 0.05) is 16.6 Å². The maximum absolute atomic E-state index is 5.40. The summed E-state index contributed by atoms with van der Waals surface area (Å²) in [5.74, 6) is 1.46. The second-order valence-corrected chi connectivity index (χ2v) is 5.39. The van der Waals surface area contributed by atoms with E-state index in [2.05, 4.69) is 37.3 Å². The second kappa shape index (κ2) is 5.68. The van der Waals surface area contributed by atoms with Crippen LogP contribution in [0.4, 0.5) is 0 Å². The van der Waals surface area contributed by atoms with Crippen molar-refractivity contribution in [3.05, 3.63) is 53.7 Å². The van der Waals surface area contributed by atoms with Crippen LogP contribution in [-0.4, -0.2) is 19.2 Å². The lowest BCUT2D eigenvalue weighted by atomic mass is 10.0. The van der Waals surface area contributed by atoms with Crippen molar-refractivity contribution in [3.8, 4) is 22.8 Å². The summed E-state index contributed by atoms with van der Waals surface area (Å²) >= 11 is 0. The van der Waals surface area contributed by atoms with Gasteiger partial charge in [0.05, 0.1) is 19.9 Å². The van der Waals surface area contributed by atoms with Crippen LogP contribution < -0.4 is 9.47 Å². The Bertz CT molecular complexity index is 840. The molecule has 1 aromatic heterocycles. The predicted octanol–water partition coefficient (Wildman–Crippen LogP) is 4.54. The molecule has 0 saturated heterocycles. The maximum atomic E-state index is 5.40. The number of nitrogens with zero attached hydrogens (tertiary/aromatic N) is 1. The van der Waals surface area contributed by atoms with E-state index in [1.165, 1.54) is 5.56 Å². The van der Waals surface area contributed by atoms with Crippen molar-refractivity contribution in [2.24, 2.45) is 0 Å². The first-order valence-electron chi connectivity index (χ1n) is 7.23. The third kappa shape index (κ3) is 2.50. The van der Waals surface area contributed by atoms with Gasteiger partial charge in [-0.15, -0.1) is 0 Å². The van der Waals surface area contributed by atoms with Gasteiger partial charge in [0.1, 0.15) is 0 Å². The number of ether oxygens (including phenoxy) is 2. The number of fused-ring (bicyclic) bond motifs is 1. The summed E-state index contributed by atoms with van der Waals surface area (Å²) in [5.41, 5.74) is 4.31. The highest BCUT2D eigenvalue weighted by Gasteiger charge is 2.10. The highest BCUT2D eigenvalue weighted by molar-refractivity contribution is 5.90. The lowest BCUT2D eigenvalue weighted by Crippen LogP contribution is -1.94. The lowest BCUT2D eigenvalue weighted by molar-refractivity contribution is 0.356. The molecule has 3 aromatic rings. The molecule has 2 aromatic carbocycles. The molecule has 0 radical (unpaired) electrons. The zero-order chi connectivity index (χ0) is 15.7. The molecule has 0 aliphatic carbocycles. The normalized spacial score (nSPS) is 10.7. The van der Waals surface area contributed by atoms with E-state index < -0.39 is 0 Å². The zero-order valence-electron chi connectivity index (χ0n) is 13.3. The standard InChI is InChI=1S/C19H19NO2/c1-12-6-5-7-14(8-12)17-9-15-10-18(21-3)19(22-4)11-16(15)13(2)20-17/h5-11H,1-4H3. The van der Waals surface area contributed by atoms with Gasteiger partial charge in [-0.1, -0.05) is 23.8 Å². The first kappa shape index (κ1) is 14.4. The van der Waals surface area contributed by atoms with Gasteiger partial charge in [-0.3, -0.25) is 4.98 Å². The molecule has 0 saturated carbocycles. The molecule has 0 aliphatic heterocycles. The molecule has 112 valence electrons. The number of hydrogen-bond donors (Lipinski definition) is 0. The van der Waals surface area contributed by atoms with E-state index in [1.807, 2.05) is 19.1 Å². The molecule has 0 bridgehead atoms. The Kier molecular flexibility index (Phi) is 3.72. The van der Waals surface area contributed by atoms with E-state index in [-0.39, 0.29) is 0 Å². The average Bonchev–Trinajstić information content (AvgIpc) is 2.53. The van der Waals surface area contributed by atoms with E-state index in [1.54, 1.807) is 14.2 Å². The zero-order valence-corrected chi connectivity index (χ0v) is 13.3. The molecular formula is C19H19NO2. The largest absolute Gasteiger partial charge is 0.493 e. The van der Waals surface area contributed by atoms with E-state index in [4.69, 9.17) is 14.5 Å². The van der Waals surface area contributed by atoms with Crippen LogP contribution in [0.25, 0.3) is 22.0 Å². The Morgan fingerprint density at radius 2 is 1.59 bits per heavy atom. The molecule has 0 fully saturated rings. The average molecular weight is 293 g/mol. The SMILES string of the molecule is COc1cc2cc(-c3cccc(C)c3)nc(C)c2cc1OC. The number of pyridine rings is 1. The van der Waals surface area contributed by atoms with E-state index in [9.17, 15) is 0 Å². The van der Waals surface area contributed by atoms with Gasteiger partial charge < -0.3 is 9.47 Å². The van der Waals surface area contributed by atoms with Crippen LogP contribution in [0.2, 0.25) is 0 Å². The van der Waals surface area contributed by atoms with Crippen LogP contribution in [-0.2, 0) is 0 Å². The minimum absolute atomic E-state index is 0.725. The van der Waals surface area contributed by atoms with E-state index >= 15 is 0 Å². The van der Waals surface area contributed by atoms with Crippen molar-refractivity contribution in [1.82, 2.24) is 4.98 Å².